The van der Waals surface area contributed by atoms with E-state index in [2.05, 4.69) is 10.2 Å². The van der Waals surface area contributed by atoms with Crippen LogP contribution in [0.2, 0.25) is 0 Å². The number of benzene rings is 1. The number of ether oxygens (including phenoxy) is 4. The van der Waals surface area contributed by atoms with E-state index in [9.17, 15) is 0 Å². The highest BCUT2D eigenvalue weighted by molar-refractivity contribution is 5.82. The molecule has 1 aromatic rings. The molecule has 4 N–H and O–H groups in total. The lowest BCUT2D eigenvalue weighted by Crippen LogP contribution is -2.26. The third-order valence-electron chi connectivity index (χ3n) is 3.07. The highest BCUT2D eigenvalue weighted by Gasteiger charge is 2.14. The number of nitrogens with zero attached hydrogens (tertiary/aromatic N) is 2. The average Bonchev–Trinajstić information content (AvgIpc) is 2.56. The van der Waals surface area contributed by atoms with Crippen LogP contribution in [0.1, 0.15) is 18.4 Å². The van der Waals surface area contributed by atoms with E-state index in [4.69, 9.17) is 30.4 Å². The Hall–Kier alpha value is -2.32. The summed E-state index contributed by atoms with van der Waals surface area (Å²) in [5, 5.41) is 7.32. The molecule has 1 aliphatic rings. The van der Waals surface area contributed by atoms with Crippen molar-refractivity contribution >= 4 is 12.2 Å². The maximum absolute atomic E-state index is 5.77. The fraction of sp³-hybridized carbons (Fsp3) is 0.467. The number of hydrogen-bond donors (Lipinski definition) is 2. The molecule has 0 atom stereocenters. The Balaban J connectivity index is 1.95. The van der Waals surface area contributed by atoms with Crippen LogP contribution in [0.3, 0.4) is 0 Å². The summed E-state index contributed by atoms with van der Waals surface area (Å²) in [7, 11) is 1.59. The molecule has 1 aromatic carbocycles. The Bertz CT molecular complexity index is 552. The lowest BCUT2D eigenvalue weighted by molar-refractivity contribution is -0.183. The molecule has 8 nitrogen and oxygen atoms in total. The zero-order valence-corrected chi connectivity index (χ0v) is 13.1. The SMILES string of the molecule is COc1ccc(C=NN=C(N)N)cc1OCCC1OCCCO1. The fourth-order valence-electron chi connectivity index (χ4n) is 2.02. The topological polar surface area (TPSA) is 114 Å². The quantitative estimate of drug-likeness (QED) is 0.437. The van der Waals surface area contributed by atoms with E-state index in [1.165, 1.54) is 6.21 Å². The van der Waals surface area contributed by atoms with Gasteiger partial charge in [0.05, 0.1) is 33.1 Å². The first kappa shape index (κ1) is 17.0. The second-order valence-corrected chi connectivity index (χ2v) is 4.84. The molecule has 1 heterocycles. The third kappa shape index (κ3) is 5.76. The van der Waals surface area contributed by atoms with E-state index in [0.29, 0.717) is 24.5 Å². The molecule has 0 saturated carbocycles. The van der Waals surface area contributed by atoms with Crippen LogP contribution in [-0.2, 0) is 9.47 Å². The van der Waals surface area contributed by atoms with Crippen molar-refractivity contribution in [2.24, 2.45) is 21.7 Å². The molecule has 1 aliphatic heterocycles. The normalized spacial score (nSPS) is 15.5. The van der Waals surface area contributed by atoms with E-state index < -0.39 is 0 Å². The highest BCUT2D eigenvalue weighted by Crippen LogP contribution is 2.28. The van der Waals surface area contributed by atoms with Crippen LogP contribution in [0.4, 0.5) is 0 Å². The average molecular weight is 322 g/mol. The smallest absolute Gasteiger partial charge is 0.211 e. The zero-order valence-electron chi connectivity index (χ0n) is 13.1. The molecule has 1 fully saturated rings. The minimum absolute atomic E-state index is 0.0984. The molecule has 0 bridgehead atoms. The Morgan fingerprint density at radius 3 is 2.78 bits per heavy atom. The van der Waals surface area contributed by atoms with Gasteiger partial charge in [-0.15, -0.1) is 5.10 Å². The first-order chi connectivity index (χ1) is 11.2. The standard InChI is InChI=1S/C15H22N4O4/c1-20-12-4-3-11(10-18-19-15(16)17)9-13(12)21-8-5-14-22-6-2-7-23-14/h3-4,9-10,14H,2,5-8H2,1H3,(H4,16,17,19). The minimum atomic E-state index is -0.207. The van der Waals surface area contributed by atoms with Crippen LogP contribution in [0.15, 0.2) is 28.4 Å². The van der Waals surface area contributed by atoms with Gasteiger partial charge in [0.15, 0.2) is 17.8 Å². The van der Waals surface area contributed by atoms with E-state index >= 15 is 0 Å². The van der Waals surface area contributed by atoms with E-state index in [0.717, 1.165) is 25.2 Å². The van der Waals surface area contributed by atoms with Crippen LogP contribution >= 0.6 is 0 Å². The van der Waals surface area contributed by atoms with Gasteiger partial charge in [-0.25, -0.2) is 0 Å². The van der Waals surface area contributed by atoms with Crippen molar-refractivity contribution in [3.05, 3.63) is 23.8 Å². The summed E-state index contributed by atoms with van der Waals surface area (Å²) in [6.07, 6.45) is 2.90. The molecule has 0 spiro atoms. The zero-order chi connectivity index (χ0) is 16.5. The van der Waals surface area contributed by atoms with Gasteiger partial charge in [0, 0.05) is 6.42 Å². The van der Waals surface area contributed by atoms with Crippen LogP contribution in [0, 0.1) is 0 Å². The molecule has 126 valence electrons. The fourth-order valence-corrected chi connectivity index (χ4v) is 2.02. The van der Waals surface area contributed by atoms with Crippen LogP contribution < -0.4 is 20.9 Å². The molecule has 2 rings (SSSR count). The second kappa shape index (κ2) is 8.96. The second-order valence-electron chi connectivity index (χ2n) is 4.84. The minimum Gasteiger partial charge on any atom is -0.493 e. The maximum Gasteiger partial charge on any atom is 0.211 e. The molecule has 0 radical (unpaired) electrons. The predicted molar refractivity (Wildman–Crippen MR) is 86.8 cm³/mol. The van der Waals surface area contributed by atoms with Crippen molar-refractivity contribution in [3.8, 4) is 11.5 Å². The first-order valence-electron chi connectivity index (χ1n) is 7.35. The Morgan fingerprint density at radius 2 is 2.09 bits per heavy atom. The van der Waals surface area contributed by atoms with Gasteiger partial charge in [-0.05, 0) is 30.2 Å². The lowest BCUT2D eigenvalue weighted by atomic mass is 10.2. The molecule has 0 aliphatic carbocycles. The van der Waals surface area contributed by atoms with E-state index in [1.807, 2.05) is 6.07 Å². The molecule has 8 heteroatoms. The highest BCUT2D eigenvalue weighted by atomic mass is 16.7. The first-order valence-corrected chi connectivity index (χ1v) is 7.35. The van der Waals surface area contributed by atoms with Gasteiger partial charge in [0.2, 0.25) is 5.96 Å². The summed E-state index contributed by atoms with van der Waals surface area (Å²) in [5.74, 6) is 1.14. The van der Waals surface area contributed by atoms with Crippen molar-refractivity contribution < 1.29 is 18.9 Å². The summed E-state index contributed by atoms with van der Waals surface area (Å²) in [6, 6.07) is 5.41. The van der Waals surface area contributed by atoms with Gasteiger partial charge in [-0.1, -0.05) is 0 Å². The lowest BCUT2D eigenvalue weighted by Gasteiger charge is -2.23. The molecule has 0 amide bonds. The van der Waals surface area contributed by atoms with Gasteiger partial charge in [-0.2, -0.15) is 5.10 Å². The largest absolute Gasteiger partial charge is 0.493 e. The number of methoxy groups -OCH3 is 1. The van der Waals surface area contributed by atoms with Gasteiger partial charge in [0.25, 0.3) is 0 Å². The Labute approximate surface area is 135 Å². The number of rotatable bonds is 7. The molecule has 0 unspecified atom stereocenters. The van der Waals surface area contributed by atoms with Crippen molar-refractivity contribution in [2.75, 3.05) is 26.9 Å². The van der Waals surface area contributed by atoms with Crippen molar-refractivity contribution in [2.45, 2.75) is 19.1 Å². The van der Waals surface area contributed by atoms with Crippen molar-refractivity contribution in [3.63, 3.8) is 0 Å². The van der Waals surface area contributed by atoms with Gasteiger partial charge < -0.3 is 30.4 Å². The van der Waals surface area contributed by atoms with Crippen molar-refractivity contribution in [1.82, 2.24) is 0 Å². The molecular formula is C15H22N4O4. The summed E-state index contributed by atoms with van der Waals surface area (Å²) in [6.45, 7) is 1.91. The van der Waals surface area contributed by atoms with Gasteiger partial charge in [-0.3, -0.25) is 0 Å². The number of guanidine groups is 1. The van der Waals surface area contributed by atoms with Gasteiger partial charge >= 0.3 is 0 Å². The van der Waals surface area contributed by atoms with Crippen LogP contribution in [0.25, 0.3) is 0 Å². The predicted octanol–water partition coefficient (Wildman–Crippen LogP) is 0.834. The molecule has 0 aromatic heterocycles. The van der Waals surface area contributed by atoms with Crippen LogP contribution in [-0.4, -0.2) is 45.4 Å². The van der Waals surface area contributed by atoms with Crippen molar-refractivity contribution in [1.29, 1.82) is 0 Å². The summed E-state index contributed by atoms with van der Waals surface area (Å²) >= 11 is 0. The van der Waals surface area contributed by atoms with E-state index in [1.54, 1.807) is 19.2 Å². The maximum atomic E-state index is 5.77. The number of hydrogen-bond acceptors (Lipinski definition) is 6. The van der Waals surface area contributed by atoms with Crippen LogP contribution in [0.5, 0.6) is 11.5 Å². The van der Waals surface area contributed by atoms with E-state index in [-0.39, 0.29) is 12.2 Å². The summed E-state index contributed by atoms with van der Waals surface area (Å²) in [4.78, 5) is 0. The monoisotopic (exact) mass is 322 g/mol. The molecular weight excluding hydrogens is 300 g/mol. The Kier molecular flexibility index (Phi) is 6.64. The summed E-state index contributed by atoms with van der Waals surface area (Å²) in [5.41, 5.74) is 11.2. The molecule has 23 heavy (non-hydrogen) atoms. The van der Waals surface area contributed by atoms with Gasteiger partial charge in [0.1, 0.15) is 0 Å². The molecule has 1 saturated heterocycles. The summed E-state index contributed by atoms with van der Waals surface area (Å²) < 4.78 is 22.0. The third-order valence-corrected chi connectivity index (χ3v) is 3.07. The number of nitrogens with two attached hydrogens (primary N) is 2. The Morgan fingerprint density at radius 1 is 1.30 bits per heavy atom.